The zero-order valence-corrected chi connectivity index (χ0v) is 19.4. The first-order chi connectivity index (χ1) is 15.7. The Hall–Kier alpha value is -2.56. The Balaban J connectivity index is 1.66. The largest absolute Gasteiger partial charge is 0.380 e. The van der Waals surface area contributed by atoms with Crippen molar-refractivity contribution in [2.24, 2.45) is 22.6 Å². The van der Waals surface area contributed by atoms with Crippen LogP contribution in [0.25, 0.3) is 0 Å². The number of halogens is 2. The van der Waals surface area contributed by atoms with Crippen molar-refractivity contribution in [3.8, 4) is 0 Å². The predicted octanol–water partition coefficient (Wildman–Crippen LogP) is 1.60. The summed E-state index contributed by atoms with van der Waals surface area (Å²) in [4.78, 5) is 42.4. The molecule has 3 rings (SSSR count). The molecule has 1 heterocycles. The minimum Gasteiger partial charge on any atom is -0.380 e. The molecule has 5 N–H and O–H groups in total. The van der Waals surface area contributed by atoms with E-state index in [4.69, 9.17) is 22.1 Å². The molecule has 180 valence electrons. The van der Waals surface area contributed by atoms with Gasteiger partial charge in [0.2, 0.25) is 11.8 Å². The maximum Gasteiger partial charge on any atom is 0.267 e. The van der Waals surface area contributed by atoms with Crippen LogP contribution in [0.2, 0.25) is 5.02 Å². The van der Waals surface area contributed by atoms with Crippen molar-refractivity contribution >= 4 is 40.7 Å². The minimum absolute atomic E-state index is 0.0734. The van der Waals surface area contributed by atoms with E-state index in [0.29, 0.717) is 31.4 Å². The first-order valence-electron chi connectivity index (χ1n) is 10.9. The van der Waals surface area contributed by atoms with E-state index in [2.05, 4.69) is 20.9 Å². The second kappa shape index (κ2) is 10.6. The topological polar surface area (TPSA) is 135 Å². The van der Waals surface area contributed by atoms with Crippen molar-refractivity contribution in [1.29, 1.82) is 0 Å². The van der Waals surface area contributed by atoms with Gasteiger partial charge in [-0.05, 0) is 56.7 Å². The van der Waals surface area contributed by atoms with E-state index in [1.54, 1.807) is 0 Å². The molecule has 1 aliphatic carbocycles. The molecule has 1 fully saturated rings. The maximum absolute atomic E-state index is 13.2. The van der Waals surface area contributed by atoms with Crippen molar-refractivity contribution in [3.05, 3.63) is 29.0 Å². The Labute approximate surface area is 196 Å². The fourth-order valence-corrected chi connectivity index (χ4v) is 4.68. The van der Waals surface area contributed by atoms with Crippen molar-refractivity contribution < 1.29 is 23.5 Å². The van der Waals surface area contributed by atoms with Gasteiger partial charge in [0.25, 0.3) is 5.91 Å². The highest BCUT2D eigenvalue weighted by Crippen LogP contribution is 2.38. The van der Waals surface area contributed by atoms with Gasteiger partial charge in [0.05, 0.1) is 23.5 Å². The third-order valence-electron chi connectivity index (χ3n) is 6.42. The van der Waals surface area contributed by atoms with Crippen LogP contribution < -0.4 is 21.7 Å². The van der Waals surface area contributed by atoms with E-state index >= 15 is 0 Å². The second-order valence-corrected chi connectivity index (χ2v) is 8.84. The number of ether oxygens (including phenoxy) is 1. The molecule has 0 bridgehead atoms. The van der Waals surface area contributed by atoms with Crippen LogP contribution in [-0.4, -0.2) is 55.4 Å². The highest BCUT2D eigenvalue weighted by Gasteiger charge is 2.54. The average Bonchev–Trinajstić information content (AvgIpc) is 3.25. The third-order valence-corrected chi connectivity index (χ3v) is 6.74. The van der Waals surface area contributed by atoms with Gasteiger partial charge < -0.3 is 21.1 Å². The zero-order valence-electron chi connectivity index (χ0n) is 18.6. The fourth-order valence-electron chi connectivity index (χ4n) is 4.46. The lowest BCUT2D eigenvalue weighted by atomic mass is 9.69. The fraction of sp³-hybridized carbons (Fsp3) is 0.545. The molecule has 3 amide bonds. The molecule has 33 heavy (non-hydrogen) atoms. The Morgan fingerprint density at radius 1 is 1.33 bits per heavy atom. The summed E-state index contributed by atoms with van der Waals surface area (Å²) in [5, 5.41) is 8.65. The quantitative estimate of drug-likeness (QED) is 0.447. The minimum atomic E-state index is -1.39. The number of benzene rings is 1. The third kappa shape index (κ3) is 5.34. The van der Waals surface area contributed by atoms with Crippen LogP contribution in [0.15, 0.2) is 23.2 Å². The van der Waals surface area contributed by atoms with Gasteiger partial charge in [-0.2, -0.15) is 0 Å². The molecule has 2 atom stereocenters. The van der Waals surface area contributed by atoms with Crippen molar-refractivity contribution in [1.82, 2.24) is 10.6 Å². The van der Waals surface area contributed by atoms with Crippen LogP contribution in [0.5, 0.6) is 0 Å². The Morgan fingerprint density at radius 3 is 2.64 bits per heavy atom. The van der Waals surface area contributed by atoms with E-state index in [1.807, 2.05) is 6.92 Å². The maximum atomic E-state index is 13.2. The van der Waals surface area contributed by atoms with Crippen LogP contribution >= 0.6 is 11.6 Å². The number of nitrogens with two attached hydrogens (primary N) is 1. The van der Waals surface area contributed by atoms with Gasteiger partial charge >= 0.3 is 0 Å². The van der Waals surface area contributed by atoms with Crippen LogP contribution in [-0.2, 0) is 19.1 Å². The molecule has 0 saturated heterocycles. The molecule has 1 aromatic rings. The highest BCUT2D eigenvalue weighted by atomic mass is 35.5. The van der Waals surface area contributed by atoms with Crippen LogP contribution in [0.4, 0.5) is 10.1 Å². The average molecular weight is 482 g/mol. The van der Waals surface area contributed by atoms with Crippen LogP contribution in [0.1, 0.15) is 32.6 Å². The lowest BCUT2D eigenvalue weighted by molar-refractivity contribution is -0.126. The number of methoxy groups -OCH3 is 1. The number of primary amides is 1. The summed E-state index contributed by atoms with van der Waals surface area (Å²) in [7, 11) is 1.54. The summed E-state index contributed by atoms with van der Waals surface area (Å²) in [6.45, 7) is 2.18. The standard InChI is InChI=1S/C22H29ClFN5O4/c1-12(33-2)10-26-20(31)18-22(21(25)32,28-11-27-18)14-5-3-13(4-6-14)19(30)29-17-8-7-15(24)9-16(17)23/h7-9,12-14,28H,3-6,10-11H2,1-2H3,(H2,25,32)(H,26,31)(H,29,30). The summed E-state index contributed by atoms with van der Waals surface area (Å²) in [6, 6.07) is 3.77. The van der Waals surface area contributed by atoms with Gasteiger partial charge in [-0.15, -0.1) is 0 Å². The highest BCUT2D eigenvalue weighted by molar-refractivity contribution is 6.47. The number of rotatable bonds is 8. The lowest BCUT2D eigenvalue weighted by Gasteiger charge is -2.39. The number of carbonyl (C=O) groups is 3. The van der Waals surface area contributed by atoms with Gasteiger partial charge in [0.1, 0.15) is 17.1 Å². The molecular formula is C22H29ClFN5O4. The van der Waals surface area contributed by atoms with Gasteiger partial charge in [-0.25, -0.2) is 4.39 Å². The number of aliphatic imine (C=N–C) groups is 1. The molecule has 11 heteroatoms. The zero-order chi connectivity index (χ0) is 24.2. The van der Waals surface area contributed by atoms with Gasteiger partial charge in [-0.3, -0.25) is 24.7 Å². The summed E-state index contributed by atoms with van der Waals surface area (Å²) in [5.41, 5.74) is 4.81. The Morgan fingerprint density at radius 2 is 2.03 bits per heavy atom. The molecule has 9 nitrogen and oxygen atoms in total. The first kappa shape index (κ1) is 25.1. The molecule has 2 unspecified atom stereocenters. The first-order valence-corrected chi connectivity index (χ1v) is 11.2. The van der Waals surface area contributed by atoms with Crippen molar-refractivity contribution in [2.45, 2.75) is 44.2 Å². The number of hydrogen-bond donors (Lipinski definition) is 4. The van der Waals surface area contributed by atoms with Crippen molar-refractivity contribution in [2.75, 3.05) is 25.6 Å². The van der Waals surface area contributed by atoms with E-state index in [9.17, 15) is 18.8 Å². The van der Waals surface area contributed by atoms with Gasteiger partial charge in [0, 0.05) is 19.6 Å². The van der Waals surface area contributed by atoms with E-state index in [0.717, 1.165) is 6.07 Å². The summed E-state index contributed by atoms with van der Waals surface area (Å²) in [6.07, 6.45) is 1.76. The lowest BCUT2D eigenvalue weighted by Crippen LogP contribution is -2.66. The molecule has 0 aromatic heterocycles. The SMILES string of the molecule is COC(C)CNC(=O)C1=NCNC1(C(N)=O)C1CCC(C(=O)Nc2ccc(F)cc2Cl)CC1. The Kier molecular flexibility index (Phi) is 8.04. The summed E-state index contributed by atoms with van der Waals surface area (Å²) in [5.74, 6) is -2.45. The number of anilines is 1. The van der Waals surface area contributed by atoms with Gasteiger partial charge in [0.15, 0.2) is 0 Å². The molecule has 2 aliphatic rings. The van der Waals surface area contributed by atoms with E-state index in [1.165, 1.54) is 19.2 Å². The molecular weight excluding hydrogens is 453 g/mol. The van der Waals surface area contributed by atoms with E-state index in [-0.39, 0.29) is 47.8 Å². The summed E-state index contributed by atoms with van der Waals surface area (Å²) < 4.78 is 18.4. The van der Waals surface area contributed by atoms with E-state index < -0.39 is 23.2 Å². The number of amides is 3. The number of carbonyl (C=O) groups excluding carboxylic acids is 3. The predicted molar refractivity (Wildman–Crippen MR) is 122 cm³/mol. The smallest absolute Gasteiger partial charge is 0.267 e. The van der Waals surface area contributed by atoms with Crippen molar-refractivity contribution in [3.63, 3.8) is 0 Å². The number of nitrogens with one attached hydrogen (secondary N) is 3. The molecule has 1 aromatic carbocycles. The Bertz CT molecular complexity index is 951. The van der Waals surface area contributed by atoms with Crippen LogP contribution in [0, 0.1) is 17.7 Å². The second-order valence-electron chi connectivity index (χ2n) is 8.43. The molecule has 0 radical (unpaired) electrons. The van der Waals surface area contributed by atoms with Crippen LogP contribution in [0.3, 0.4) is 0 Å². The number of hydrogen-bond acceptors (Lipinski definition) is 6. The molecule has 1 aliphatic heterocycles. The summed E-state index contributed by atoms with van der Waals surface area (Å²) >= 11 is 6.00. The molecule has 0 spiro atoms. The molecule has 1 saturated carbocycles. The normalized spacial score (nSPS) is 25.8. The van der Waals surface area contributed by atoms with Gasteiger partial charge in [-0.1, -0.05) is 11.6 Å². The number of nitrogens with zero attached hydrogens (tertiary/aromatic N) is 1. The monoisotopic (exact) mass is 481 g/mol.